The summed E-state index contributed by atoms with van der Waals surface area (Å²) in [4.78, 5) is 29.5. The van der Waals surface area contributed by atoms with E-state index in [4.69, 9.17) is 0 Å². The summed E-state index contributed by atoms with van der Waals surface area (Å²) in [7, 11) is -2.37. The van der Waals surface area contributed by atoms with Crippen LogP contribution in [0.5, 0.6) is 0 Å². The van der Waals surface area contributed by atoms with E-state index in [1.54, 1.807) is 30.3 Å². The van der Waals surface area contributed by atoms with Crippen molar-refractivity contribution in [1.29, 1.82) is 0 Å². The number of carbonyl (C=O) groups excluding carboxylic acids is 2. The lowest BCUT2D eigenvalue weighted by atomic mass is 9.94. The van der Waals surface area contributed by atoms with E-state index >= 15 is 0 Å². The maximum Gasteiger partial charge on any atom is 0.271 e. The Kier molecular flexibility index (Phi) is 9.72. The van der Waals surface area contributed by atoms with Gasteiger partial charge in [0, 0.05) is 24.1 Å². The normalized spacial score (nSPS) is 14.6. The second kappa shape index (κ2) is 12.6. The van der Waals surface area contributed by atoms with Gasteiger partial charge in [0.05, 0.1) is 18.3 Å². The average molecular weight is 583 g/mol. The zero-order chi connectivity index (χ0) is 28.9. The molecule has 3 aromatic rings. The number of anilines is 1. The third-order valence-electron chi connectivity index (χ3n) is 5.86. The number of amides is 2. The van der Waals surface area contributed by atoms with Crippen molar-refractivity contribution in [3.8, 4) is 0 Å². The topological polar surface area (TPSA) is 149 Å². The van der Waals surface area contributed by atoms with Gasteiger partial charge in [0.2, 0.25) is 10.0 Å². The lowest BCUT2D eigenvalue weighted by Gasteiger charge is -2.31. The molecule has 3 rings (SSSR count). The zero-order valence-electron chi connectivity index (χ0n) is 21.2. The van der Waals surface area contributed by atoms with Crippen LogP contribution < -0.4 is 14.9 Å². The summed E-state index contributed by atoms with van der Waals surface area (Å²) in [6, 6.07) is 8.59. The van der Waals surface area contributed by atoms with Crippen molar-refractivity contribution in [3.05, 3.63) is 82.4 Å². The summed E-state index contributed by atoms with van der Waals surface area (Å²) in [6.07, 6.45) is -2.64. The van der Waals surface area contributed by atoms with Gasteiger partial charge in [0.15, 0.2) is 5.13 Å². The second-order valence-corrected chi connectivity index (χ2v) is 11.8. The molecule has 2 aromatic carbocycles. The van der Waals surface area contributed by atoms with Crippen LogP contribution in [0.15, 0.2) is 53.9 Å². The van der Waals surface area contributed by atoms with Crippen molar-refractivity contribution in [1.82, 2.24) is 15.6 Å². The largest absolute Gasteiger partial charge is 0.388 e. The molecule has 2 amide bonds. The molecule has 14 heteroatoms. The van der Waals surface area contributed by atoms with Crippen LogP contribution in [0.2, 0.25) is 0 Å². The van der Waals surface area contributed by atoms with E-state index in [9.17, 15) is 37.0 Å². The van der Waals surface area contributed by atoms with Crippen LogP contribution in [0.4, 0.5) is 13.9 Å². The van der Waals surface area contributed by atoms with Crippen LogP contribution in [-0.4, -0.2) is 73.0 Å². The summed E-state index contributed by atoms with van der Waals surface area (Å²) in [5, 5.41) is 28.3. The van der Waals surface area contributed by atoms with Crippen molar-refractivity contribution >= 4 is 38.3 Å². The number of aliphatic hydroxyl groups is 2. The zero-order valence-corrected chi connectivity index (χ0v) is 22.8. The first kappa shape index (κ1) is 30.1. The number of nitrogens with zero attached hydrogens (tertiary/aromatic N) is 2. The van der Waals surface area contributed by atoms with Gasteiger partial charge in [-0.3, -0.25) is 9.59 Å². The van der Waals surface area contributed by atoms with Gasteiger partial charge in [0.1, 0.15) is 29.5 Å². The molecule has 0 saturated carbocycles. The molecule has 0 radical (unpaired) electrons. The van der Waals surface area contributed by atoms with Crippen molar-refractivity contribution in [2.24, 2.45) is 0 Å². The fourth-order valence-corrected chi connectivity index (χ4v) is 5.17. The molecule has 0 aliphatic heterocycles. The Balaban J connectivity index is 1.82. The average Bonchev–Trinajstić information content (AvgIpc) is 3.36. The molecular weight excluding hydrogens is 554 g/mol. The van der Waals surface area contributed by atoms with Gasteiger partial charge in [-0.05, 0) is 43.2 Å². The molecule has 0 bridgehead atoms. The van der Waals surface area contributed by atoms with Gasteiger partial charge in [-0.1, -0.05) is 18.2 Å². The van der Waals surface area contributed by atoms with E-state index in [1.807, 2.05) is 0 Å². The molecule has 4 atom stereocenters. The third-order valence-corrected chi connectivity index (χ3v) is 8.06. The number of thiazole rings is 1. The number of aromatic nitrogens is 1. The minimum atomic E-state index is -3.63. The SMILES string of the molecule is CC(NC(=O)c1ccccc1)C(O)C(O)C(Cc1cc(F)cc(F)c1)NC(=O)c1csc(N(C)S(C)(=O)=O)n1. The van der Waals surface area contributed by atoms with E-state index in [2.05, 4.69) is 15.6 Å². The number of halogens is 2. The standard InChI is InChI=1S/C25H28F2N4O6S2/c1-14(28-23(34)16-7-5-4-6-8-16)21(32)22(33)19(11-15-9-17(26)12-18(27)10-15)29-24(35)20-13-38-25(30-20)31(2)39(3,36)37/h4-10,12-14,19,21-22,32-33H,11H2,1-3H3,(H,28,34)(H,29,35). The Labute approximate surface area is 228 Å². The molecule has 1 aromatic heterocycles. The lowest BCUT2D eigenvalue weighted by molar-refractivity contribution is -0.0188. The summed E-state index contributed by atoms with van der Waals surface area (Å²) in [5.74, 6) is -3.08. The molecule has 0 fully saturated rings. The number of benzene rings is 2. The first-order valence-electron chi connectivity index (χ1n) is 11.6. The number of hydrogen-bond acceptors (Lipinski definition) is 8. The highest BCUT2D eigenvalue weighted by atomic mass is 32.2. The van der Waals surface area contributed by atoms with Crippen molar-refractivity contribution in [2.45, 2.75) is 37.6 Å². The van der Waals surface area contributed by atoms with Crippen LogP contribution in [0.1, 0.15) is 33.3 Å². The summed E-state index contributed by atoms with van der Waals surface area (Å²) in [6.45, 7) is 1.45. The van der Waals surface area contributed by atoms with Crippen LogP contribution >= 0.6 is 11.3 Å². The molecule has 0 saturated heterocycles. The molecule has 10 nitrogen and oxygen atoms in total. The molecule has 39 heavy (non-hydrogen) atoms. The first-order valence-corrected chi connectivity index (χ1v) is 14.4. The highest BCUT2D eigenvalue weighted by Gasteiger charge is 2.33. The highest BCUT2D eigenvalue weighted by molar-refractivity contribution is 7.92. The Bertz CT molecular complexity index is 1400. The quantitative estimate of drug-likeness (QED) is 0.269. The molecule has 4 N–H and O–H groups in total. The monoisotopic (exact) mass is 582 g/mol. The number of nitrogens with one attached hydrogen (secondary N) is 2. The van der Waals surface area contributed by atoms with Gasteiger partial charge in [-0.2, -0.15) is 0 Å². The fraction of sp³-hybridized carbons (Fsp3) is 0.320. The highest BCUT2D eigenvalue weighted by Crippen LogP contribution is 2.22. The van der Waals surface area contributed by atoms with Gasteiger partial charge in [0.25, 0.3) is 11.8 Å². The van der Waals surface area contributed by atoms with E-state index in [1.165, 1.54) is 19.4 Å². The first-order chi connectivity index (χ1) is 18.3. The van der Waals surface area contributed by atoms with E-state index in [-0.39, 0.29) is 22.8 Å². The van der Waals surface area contributed by atoms with Gasteiger partial charge < -0.3 is 20.8 Å². The molecule has 0 aliphatic rings. The van der Waals surface area contributed by atoms with Crippen LogP contribution in [0.3, 0.4) is 0 Å². The third kappa shape index (κ3) is 8.02. The number of aliphatic hydroxyl groups excluding tert-OH is 2. The second-order valence-electron chi connectivity index (χ2n) is 8.92. The Morgan fingerprint density at radius 1 is 1.03 bits per heavy atom. The van der Waals surface area contributed by atoms with E-state index < -0.39 is 57.8 Å². The maximum absolute atomic E-state index is 13.8. The predicted octanol–water partition coefficient (Wildman–Crippen LogP) is 1.70. The number of hydrogen-bond donors (Lipinski definition) is 4. The van der Waals surface area contributed by atoms with Crippen molar-refractivity contribution in [3.63, 3.8) is 0 Å². The number of sulfonamides is 1. The van der Waals surface area contributed by atoms with Crippen molar-refractivity contribution < 1.29 is 37.0 Å². The Morgan fingerprint density at radius 3 is 2.23 bits per heavy atom. The van der Waals surface area contributed by atoms with E-state index in [0.717, 1.165) is 34.0 Å². The van der Waals surface area contributed by atoms with Crippen LogP contribution in [0, 0.1) is 11.6 Å². The van der Waals surface area contributed by atoms with Crippen molar-refractivity contribution in [2.75, 3.05) is 17.6 Å². The number of carbonyl (C=O) groups is 2. The minimum Gasteiger partial charge on any atom is -0.388 e. The maximum atomic E-state index is 13.8. The number of rotatable bonds is 11. The fourth-order valence-electron chi connectivity index (χ4n) is 3.64. The molecule has 0 spiro atoms. The lowest BCUT2D eigenvalue weighted by Crippen LogP contribution is -2.55. The molecule has 0 aliphatic carbocycles. The Hall–Kier alpha value is -3.46. The molecule has 1 heterocycles. The van der Waals surface area contributed by atoms with Gasteiger partial charge >= 0.3 is 0 Å². The van der Waals surface area contributed by atoms with Gasteiger partial charge in [-0.15, -0.1) is 11.3 Å². The summed E-state index contributed by atoms with van der Waals surface area (Å²) >= 11 is 0.888. The summed E-state index contributed by atoms with van der Waals surface area (Å²) in [5.41, 5.74) is 0.235. The Morgan fingerprint density at radius 2 is 1.64 bits per heavy atom. The van der Waals surface area contributed by atoms with Crippen LogP contribution in [0.25, 0.3) is 0 Å². The van der Waals surface area contributed by atoms with Gasteiger partial charge in [-0.25, -0.2) is 26.5 Å². The van der Waals surface area contributed by atoms with E-state index in [0.29, 0.717) is 11.6 Å². The molecule has 210 valence electrons. The van der Waals surface area contributed by atoms with Crippen LogP contribution in [-0.2, 0) is 16.4 Å². The smallest absolute Gasteiger partial charge is 0.271 e. The minimum absolute atomic E-state index is 0.0178. The molecule has 4 unspecified atom stereocenters. The summed E-state index contributed by atoms with van der Waals surface area (Å²) < 4.78 is 52.1. The molecular formula is C25H28F2N4O6S2. The predicted molar refractivity (Wildman–Crippen MR) is 142 cm³/mol.